The average molecular weight is 314 g/mol. The lowest BCUT2D eigenvalue weighted by atomic mass is 10.1. The zero-order chi connectivity index (χ0) is 16.2. The molecule has 6 nitrogen and oxygen atoms in total. The second-order valence-corrected chi connectivity index (χ2v) is 5.88. The minimum atomic E-state index is -0.175. The quantitative estimate of drug-likeness (QED) is 0.933. The van der Waals surface area contributed by atoms with Crippen molar-refractivity contribution < 1.29 is 9.53 Å². The molecule has 122 valence electrons. The molecule has 1 aliphatic rings. The van der Waals surface area contributed by atoms with Crippen molar-refractivity contribution in [3.8, 4) is 11.4 Å². The maximum Gasteiger partial charge on any atom is 0.275 e. The Balaban J connectivity index is 1.76. The molecule has 1 aromatic heterocycles. The van der Waals surface area contributed by atoms with Crippen LogP contribution in [-0.4, -0.2) is 53.9 Å². The van der Waals surface area contributed by atoms with E-state index in [1.54, 1.807) is 18.0 Å². The Labute approximate surface area is 136 Å². The third-order valence-corrected chi connectivity index (χ3v) is 4.19. The van der Waals surface area contributed by atoms with Crippen LogP contribution in [0.3, 0.4) is 0 Å². The zero-order valence-electron chi connectivity index (χ0n) is 13.5. The van der Waals surface area contributed by atoms with Crippen LogP contribution in [-0.2, 0) is 0 Å². The normalized spacial score (nSPS) is 16.3. The molecule has 6 heteroatoms. The van der Waals surface area contributed by atoms with Crippen LogP contribution in [0, 0.1) is 0 Å². The van der Waals surface area contributed by atoms with Crippen molar-refractivity contribution in [2.24, 2.45) is 0 Å². The molecule has 0 saturated carbocycles. The standard InChI is InChI=1S/C17H22N4O2/c1-20-10-8-13(9-11-20)18-17(22)16-15(23-2)12-21(19-16)14-6-4-3-5-7-14/h3-7,12-13H,8-11H2,1-2H3,(H,18,22). The molecule has 0 atom stereocenters. The molecular weight excluding hydrogens is 292 g/mol. The topological polar surface area (TPSA) is 59.4 Å². The van der Waals surface area contributed by atoms with E-state index in [0.29, 0.717) is 11.4 Å². The molecule has 1 N–H and O–H groups in total. The first-order chi connectivity index (χ1) is 11.2. The third kappa shape index (κ3) is 3.53. The van der Waals surface area contributed by atoms with Gasteiger partial charge in [-0.3, -0.25) is 4.79 Å². The number of hydrogen-bond donors (Lipinski definition) is 1. The van der Waals surface area contributed by atoms with Gasteiger partial charge in [-0.25, -0.2) is 4.68 Å². The predicted molar refractivity (Wildman–Crippen MR) is 88.1 cm³/mol. The van der Waals surface area contributed by atoms with Crippen LogP contribution in [0.4, 0.5) is 0 Å². The van der Waals surface area contributed by atoms with Crippen molar-refractivity contribution in [3.05, 3.63) is 42.2 Å². The molecule has 1 fully saturated rings. The summed E-state index contributed by atoms with van der Waals surface area (Å²) in [5.41, 5.74) is 1.22. The van der Waals surface area contributed by atoms with Gasteiger partial charge in [0.15, 0.2) is 11.4 Å². The first-order valence-electron chi connectivity index (χ1n) is 7.86. The van der Waals surface area contributed by atoms with Crippen molar-refractivity contribution >= 4 is 5.91 Å². The van der Waals surface area contributed by atoms with Crippen molar-refractivity contribution in [1.82, 2.24) is 20.0 Å². The SMILES string of the molecule is COc1cn(-c2ccccc2)nc1C(=O)NC1CCN(C)CC1. The Morgan fingerprint density at radius 1 is 1.26 bits per heavy atom. The van der Waals surface area contributed by atoms with Gasteiger partial charge in [0.1, 0.15) is 0 Å². The number of piperidine rings is 1. The highest BCUT2D eigenvalue weighted by atomic mass is 16.5. The van der Waals surface area contributed by atoms with Crippen LogP contribution < -0.4 is 10.1 Å². The zero-order valence-corrected chi connectivity index (χ0v) is 13.5. The van der Waals surface area contributed by atoms with Crippen LogP contribution in [0.25, 0.3) is 5.69 Å². The molecule has 0 spiro atoms. The molecule has 1 aromatic carbocycles. The molecule has 3 rings (SSSR count). The molecule has 1 amide bonds. The molecule has 1 aliphatic heterocycles. The number of aromatic nitrogens is 2. The minimum Gasteiger partial charge on any atom is -0.493 e. The molecule has 0 aliphatic carbocycles. The fraction of sp³-hybridized carbons (Fsp3) is 0.412. The van der Waals surface area contributed by atoms with E-state index in [-0.39, 0.29) is 11.9 Å². The predicted octanol–water partition coefficient (Wildman–Crippen LogP) is 1.70. The first-order valence-corrected chi connectivity index (χ1v) is 7.86. The van der Waals surface area contributed by atoms with Gasteiger partial charge in [0, 0.05) is 6.04 Å². The molecule has 2 aromatic rings. The second kappa shape index (κ2) is 6.83. The number of ether oxygens (including phenoxy) is 1. The number of nitrogens with zero attached hydrogens (tertiary/aromatic N) is 3. The fourth-order valence-electron chi connectivity index (χ4n) is 2.78. The van der Waals surface area contributed by atoms with Gasteiger partial charge < -0.3 is 15.0 Å². The lowest BCUT2D eigenvalue weighted by Gasteiger charge is -2.29. The van der Waals surface area contributed by atoms with E-state index in [9.17, 15) is 4.79 Å². The van der Waals surface area contributed by atoms with E-state index in [1.165, 1.54) is 0 Å². The number of likely N-dealkylation sites (tertiary alicyclic amines) is 1. The van der Waals surface area contributed by atoms with Gasteiger partial charge in [0.05, 0.1) is 19.0 Å². The summed E-state index contributed by atoms with van der Waals surface area (Å²) in [5, 5.41) is 7.47. The van der Waals surface area contributed by atoms with Crippen LogP contribution in [0.1, 0.15) is 23.3 Å². The molecule has 0 radical (unpaired) electrons. The van der Waals surface area contributed by atoms with Gasteiger partial charge in [-0.1, -0.05) is 18.2 Å². The van der Waals surface area contributed by atoms with Crippen LogP contribution in [0.15, 0.2) is 36.5 Å². The van der Waals surface area contributed by atoms with Gasteiger partial charge in [-0.2, -0.15) is 5.10 Å². The molecule has 23 heavy (non-hydrogen) atoms. The summed E-state index contributed by atoms with van der Waals surface area (Å²) in [6, 6.07) is 9.88. The number of amides is 1. The molecule has 2 heterocycles. The number of rotatable bonds is 4. The molecule has 1 saturated heterocycles. The maximum atomic E-state index is 12.5. The lowest BCUT2D eigenvalue weighted by molar-refractivity contribution is 0.0908. The van der Waals surface area contributed by atoms with Crippen molar-refractivity contribution in [3.63, 3.8) is 0 Å². The summed E-state index contributed by atoms with van der Waals surface area (Å²) >= 11 is 0. The van der Waals surface area contributed by atoms with E-state index in [2.05, 4.69) is 22.4 Å². The Hall–Kier alpha value is -2.34. The lowest BCUT2D eigenvalue weighted by Crippen LogP contribution is -2.43. The highest BCUT2D eigenvalue weighted by molar-refractivity contribution is 5.95. The van der Waals surface area contributed by atoms with Crippen LogP contribution >= 0.6 is 0 Å². The van der Waals surface area contributed by atoms with E-state index in [1.807, 2.05) is 30.3 Å². The maximum absolute atomic E-state index is 12.5. The van der Waals surface area contributed by atoms with Gasteiger partial charge in [0.2, 0.25) is 0 Å². The summed E-state index contributed by atoms with van der Waals surface area (Å²) < 4.78 is 6.99. The van der Waals surface area contributed by atoms with Crippen molar-refractivity contribution in [2.75, 3.05) is 27.2 Å². The average Bonchev–Trinajstić information content (AvgIpc) is 3.02. The number of methoxy groups -OCH3 is 1. The number of benzene rings is 1. The Kier molecular flexibility index (Phi) is 4.62. The monoisotopic (exact) mass is 314 g/mol. The van der Waals surface area contributed by atoms with Crippen LogP contribution in [0.2, 0.25) is 0 Å². The Bertz CT molecular complexity index is 660. The number of nitrogens with one attached hydrogen (secondary N) is 1. The number of para-hydroxylation sites is 1. The molecule has 0 bridgehead atoms. The Morgan fingerprint density at radius 3 is 2.61 bits per heavy atom. The van der Waals surface area contributed by atoms with E-state index in [4.69, 9.17) is 4.74 Å². The summed E-state index contributed by atoms with van der Waals surface area (Å²) in [5.74, 6) is 0.311. The van der Waals surface area contributed by atoms with E-state index >= 15 is 0 Å². The number of carbonyl (C=O) groups is 1. The highest BCUT2D eigenvalue weighted by Gasteiger charge is 2.23. The van der Waals surface area contributed by atoms with Gasteiger partial charge in [-0.05, 0) is 45.1 Å². The van der Waals surface area contributed by atoms with Gasteiger partial charge in [-0.15, -0.1) is 0 Å². The third-order valence-electron chi connectivity index (χ3n) is 4.19. The summed E-state index contributed by atoms with van der Waals surface area (Å²) in [4.78, 5) is 14.8. The summed E-state index contributed by atoms with van der Waals surface area (Å²) in [7, 11) is 3.65. The van der Waals surface area contributed by atoms with Crippen molar-refractivity contribution in [2.45, 2.75) is 18.9 Å². The van der Waals surface area contributed by atoms with Gasteiger partial charge >= 0.3 is 0 Å². The Morgan fingerprint density at radius 2 is 1.96 bits per heavy atom. The van der Waals surface area contributed by atoms with E-state index in [0.717, 1.165) is 31.6 Å². The van der Waals surface area contributed by atoms with Gasteiger partial charge in [0.25, 0.3) is 5.91 Å². The smallest absolute Gasteiger partial charge is 0.275 e. The minimum absolute atomic E-state index is 0.175. The molecular formula is C17H22N4O2. The van der Waals surface area contributed by atoms with Crippen LogP contribution in [0.5, 0.6) is 5.75 Å². The van der Waals surface area contributed by atoms with Crippen molar-refractivity contribution in [1.29, 1.82) is 0 Å². The number of carbonyl (C=O) groups excluding carboxylic acids is 1. The summed E-state index contributed by atoms with van der Waals surface area (Å²) in [6.45, 7) is 2.00. The molecule has 0 unspecified atom stereocenters. The number of hydrogen-bond acceptors (Lipinski definition) is 4. The second-order valence-electron chi connectivity index (χ2n) is 5.88. The fourth-order valence-corrected chi connectivity index (χ4v) is 2.78. The largest absolute Gasteiger partial charge is 0.493 e. The first kappa shape index (κ1) is 15.6. The highest BCUT2D eigenvalue weighted by Crippen LogP contribution is 2.20. The summed E-state index contributed by atoms with van der Waals surface area (Å²) in [6.07, 6.45) is 3.66. The van der Waals surface area contributed by atoms with E-state index < -0.39 is 0 Å².